The van der Waals surface area contributed by atoms with Gasteiger partial charge in [0.05, 0.1) is 74.7 Å². The third-order valence-corrected chi connectivity index (χ3v) is 17.8. The Balaban J connectivity index is 0.722. The molecular formula is C54H72Cl4F2N8O12S2. The van der Waals surface area contributed by atoms with Crippen molar-refractivity contribution in [2.45, 2.75) is 73.6 Å². The maximum Gasteiger partial charge on any atom is 0.314 e. The number of urea groups is 2. The molecule has 0 unspecified atom stereocenters. The van der Waals surface area contributed by atoms with Gasteiger partial charge < -0.3 is 59.5 Å². The fourth-order valence-electron chi connectivity index (χ4n) is 9.28. The number of hydrogen-bond donors (Lipinski definition) is 6. The Morgan fingerprint density at radius 3 is 1.21 bits per heavy atom. The largest absolute Gasteiger partial charge is 0.481 e. The van der Waals surface area contributed by atoms with Crippen LogP contribution >= 0.6 is 46.4 Å². The summed E-state index contributed by atoms with van der Waals surface area (Å²) in [5, 5.41) is 12.7. The van der Waals surface area contributed by atoms with E-state index >= 15 is 8.78 Å². The van der Waals surface area contributed by atoms with Gasteiger partial charge in [-0.3, -0.25) is 0 Å². The number of benzene rings is 4. The zero-order chi connectivity index (χ0) is 59.7. The number of unbranched alkanes of at least 4 members (excludes halogenated alkanes) is 1. The van der Waals surface area contributed by atoms with E-state index in [9.17, 15) is 26.4 Å². The summed E-state index contributed by atoms with van der Waals surface area (Å²) in [6.07, 6.45) is 1.18. The van der Waals surface area contributed by atoms with Gasteiger partial charge in [-0.15, -0.1) is 0 Å². The average molecular weight is 1270 g/mol. The average Bonchev–Trinajstić information content (AvgIpc) is 3.75. The van der Waals surface area contributed by atoms with Gasteiger partial charge in [0.25, 0.3) is 0 Å². The van der Waals surface area contributed by atoms with Crippen molar-refractivity contribution in [3.05, 3.63) is 114 Å². The van der Waals surface area contributed by atoms with E-state index in [-0.39, 0.29) is 124 Å². The first-order valence-corrected chi connectivity index (χ1v) is 31.0. The molecule has 2 aliphatic carbocycles. The van der Waals surface area contributed by atoms with Crippen LogP contribution in [0.25, 0.3) is 0 Å². The summed E-state index contributed by atoms with van der Waals surface area (Å²) in [6, 6.07) is 10.4. The van der Waals surface area contributed by atoms with E-state index in [4.69, 9.17) is 74.8 Å². The molecule has 4 amide bonds. The van der Waals surface area contributed by atoms with Crippen molar-refractivity contribution in [3.63, 3.8) is 0 Å². The van der Waals surface area contributed by atoms with E-state index in [2.05, 4.69) is 30.7 Å². The molecule has 0 saturated heterocycles. The van der Waals surface area contributed by atoms with Crippen LogP contribution in [0.3, 0.4) is 0 Å². The second kappa shape index (κ2) is 31.7. The molecule has 0 fully saturated rings. The maximum absolute atomic E-state index is 15.4. The quantitative estimate of drug-likeness (QED) is 0.0261. The van der Waals surface area contributed by atoms with Gasteiger partial charge >= 0.3 is 12.1 Å². The third-order valence-electron chi connectivity index (χ3n) is 13.5. The molecule has 6 N–H and O–H groups in total. The van der Waals surface area contributed by atoms with Crippen LogP contribution in [0, 0.1) is 25.5 Å². The predicted molar refractivity (Wildman–Crippen MR) is 310 cm³/mol. The summed E-state index contributed by atoms with van der Waals surface area (Å²) < 4.78 is 122. The molecule has 0 aromatic heterocycles. The number of hydrogen-bond acceptors (Lipinski definition) is 14. The minimum Gasteiger partial charge on any atom is -0.481 e. The molecule has 0 saturated carbocycles. The molecule has 2 aliphatic rings. The first-order chi connectivity index (χ1) is 39.0. The summed E-state index contributed by atoms with van der Waals surface area (Å²) >= 11 is 25.5. The molecule has 20 nitrogen and oxygen atoms in total. The van der Waals surface area contributed by atoms with Gasteiger partial charge in [0.2, 0.25) is 20.0 Å². The summed E-state index contributed by atoms with van der Waals surface area (Å²) in [4.78, 5) is 27.7. The Morgan fingerprint density at radius 1 is 0.512 bits per heavy atom. The number of nitrogens with one attached hydrogen (secondary N) is 6. The summed E-state index contributed by atoms with van der Waals surface area (Å²) in [6.45, 7) is 5.46. The second-order valence-corrected chi connectivity index (χ2v) is 25.0. The number of sulfonamides is 2. The van der Waals surface area contributed by atoms with Crippen molar-refractivity contribution in [2.24, 2.45) is 0 Å². The van der Waals surface area contributed by atoms with Gasteiger partial charge in [-0.2, -0.15) is 0 Å². The molecular weight excluding hydrogens is 1200 g/mol. The van der Waals surface area contributed by atoms with E-state index in [0.717, 1.165) is 34.4 Å². The molecule has 0 radical (unpaired) electrons. The lowest BCUT2D eigenvalue weighted by Gasteiger charge is -2.27. The lowest BCUT2D eigenvalue weighted by molar-refractivity contribution is 0.0516. The number of rotatable bonds is 33. The Kier molecular flexibility index (Phi) is 25.8. The fraction of sp³-hybridized carbons (Fsp3) is 0.519. The van der Waals surface area contributed by atoms with E-state index in [1.807, 2.05) is 38.0 Å². The fourth-order valence-corrected chi connectivity index (χ4v) is 12.9. The maximum atomic E-state index is 15.4. The van der Waals surface area contributed by atoms with Crippen LogP contribution in [0.5, 0.6) is 11.5 Å². The van der Waals surface area contributed by atoms with Crippen LogP contribution in [-0.4, -0.2) is 171 Å². The number of halogens is 6. The lowest BCUT2D eigenvalue weighted by Crippen LogP contribution is -2.39. The molecule has 0 bridgehead atoms. The Bertz CT molecular complexity index is 2860. The van der Waals surface area contributed by atoms with Crippen molar-refractivity contribution in [3.8, 4) is 11.5 Å². The predicted octanol–water partition coefficient (Wildman–Crippen LogP) is 7.11. The lowest BCUT2D eigenvalue weighted by atomic mass is 10.1. The van der Waals surface area contributed by atoms with Crippen molar-refractivity contribution in [1.82, 2.24) is 40.5 Å². The van der Waals surface area contributed by atoms with Gasteiger partial charge in [0, 0.05) is 70.5 Å². The zero-order valence-corrected chi connectivity index (χ0v) is 51.2. The highest BCUT2D eigenvalue weighted by molar-refractivity contribution is 7.89. The van der Waals surface area contributed by atoms with E-state index in [1.54, 1.807) is 38.1 Å². The summed E-state index contributed by atoms with van der Waals surface area (Å²) in [5.41, 5.74) is 3.81. The van der Waals surface area contributed by atoms with E-state index in [1.165, 1.54) is 12.1 Å². The number of amides is 4. The van der Waals surface area contributed by atoms with Crippen LogP contribution in [0.4, 0.5) is 18.4 Å². The molecule has 0 aliphatic heterocycles. The highest BCUT2D eigenvalue weighted by Gasteiger charge is 2.40. The van der Waals surface area contributed by atoms with Gasteiger partial charge in [0.15, 0.2) is 23.1 Å². The number of likely N-dealkylation sites (N-methyl/N-ethyl adjacent to an activating group) is 2. The smallest absolute Gasteiger partial charge is 0.314 e. The normalized spacial score (nSPS) is 16.8. The van der Waals surface area contributed by atoms with E-state index < -0.39 is 43.9 Å². The number of nitrogens with zero attached hydrogens (tertiary/aromatic N) is 2. The minimum atomic E-state index is -4.09. The van der Waals surface area contributed by atoms with E-state index in [0.29, 0.717) is 70.0 Å². The minimum absolute atomic E-state index is 0.0330. The molecule has 82 heavy (non-hydrogen) atoms. The molecule has 6 rings (SSSR count). The first kappa shape index (κ1) is 66.8. The van der Waals surface area contributed by atoms with Crippen molar-refractivity contribution < 1.29 is 63.6 Å². The van der Waals surface area contributed by atoms with Gasteiger partial charge in [-0.05, 0) is 139 Å². The highest BCUT2D eigenvalue weighted by atomic mass is 35.5. The first-order valence-electron chi connectivity index (χ1n) is 26.5. The number of carbonyl (C=O) groups is 2. The Morgan fingerprint density at radius 2 is 0.854 bits per heavy atom. The molecule has 4 aromatic carbocycles. The number of carbonyl (C=O) groups excluding carboxylic acids is 2. The Hall–Kier alpha value is -4.38. The van der Waals surface area contributed by atoms with Crippen molar-refractivity contribution >= 4 is 78.5 Å². The van der Waals surface area contributed by atoms with Gasteiger partial charge in [0.1, 0.15) is 12.2 Å². The van der Waals surface area contributed by atoms with Crippen LogP contribution in [0.15, 0.2) is 58.3 Å². The van der Waals surface area contributed by atoms with Gasteiger partial charge in [-0.1, -0.05) is 46.4 Å². The van der Waals surface area contributed by atoms with Crippen LogP contribution in [-0.2, 0) is 51.8 Å². The second-order valence-electron chi connectivity index (χ2n) is 19.9. The standard InChI is InChI=1S/C54H72Cl4F2N8O12S2/c1-33-23-47(79-51-39-25-35(55)27-41(57)37(39)29-45(51)67(3)4)43(59)31-49(33)81(71,72)65-13-17-77-21-19-75-15-11-63-53(69)61-9-7-8-10-62-54(70)64-12-16-76-20-22-78-18-14-66-82(73,74)50-32-44(60)48(24-34(50)2)80-52-40-26-36(56)28-42(58)38(40)30-46(52)68(5)6/h23-28,31-32,45-46,51-52,65-66H,7-22,29-30H2,1-6H3,(H2,61,63,69)(H2,62,64,70)/t45-,46-,51-,52-/m0/s1. The monoisotopic (exact) mass is 1270 g/mol. The number of ether oxygens (including phenoxy) is 6. The molecule has 28 heteroatoms. The summed E-state index contributed by atoms with van der Waals surface area (Å²) in [7, 11) is -0.634. The molecule has 454 valence electrons. The molecule has 4 atom stereocenters. The van der Waals surface area contributed by atoms with Crippen LogP contribution < -0.4 is 40.2 Å². The summed E-state index contributed by atoms with van der Waals surface area (Å²) in [5.74, 6) is -1.86. The van der Waals surface area contributed by atoms with Crippen molar-refractivity contribution in [1.29, 1.82) is 0 Å². The number of aryl methyl sites for hydroxylation is 2. The zero-order valence-electron chi connectivity index (χ0n) is 46.5. The molecule has 0 heterocycles. The van der Waals surface area contributed by atoms with Crippen LogP contribution in [0.1, 0.15) is 58.4 Å². The Labute approximate surface area is 498 Å². The SMILES string of the molecule is Cc1cc(O[C@H]2c3cc(Cl)cc(Cl)c3C[C@@H]2N(C)C)c(F)cc1S(=O)(=O)NCCOCCOCCNC(=O)NCCCCNC(=O)NCCOCCOCCNS(=O)(=O)c1cc(F)c(O[C@H]2c3cc(Cl)cc(Cl)c3C[C@@H]2N(C)C)cc1C. The number of fused-ring (bicyclic) bond motifs is 2. The van der Waals surface area contributed by atoms with Crippen LogP contribution in [0.2, 0.25) is 20.1 Å². The van der Waals surface area contributed by atoms with Gasteiger partial charge in [-0.25, -0.2) is 44.6 Å². The highest BCUT2D eigenvalue weighted by Crippen LogP contribution is 2.44. The molecule has 0 spiro atoms. The topological polar surface area (TPSA) is 236 Å². The molecule has 4 aromatic rings. The van der Waals surface area contributed by atoms with Crippen molar-refractivity contribution in [2.75, 3.05) is 120 Å². The third kappa shape index (κ3) is 19.1.